The summed E-state index contributed by atoms with van der Waals surface area (Å²) >= 11 is 0. The number of ether oxygens (including phenoxy) is 4. The molecule has 0 unspecified atom stereocenters. The number of carbonyl (C=O) groups excluding carboxylic acids is 2. The van der Waals surface area contributed by atoms with Crippen LogP contribution in [0.4, 0.5) is 11.5 Å². The highest BCUT2D eigenvalue weighted by Gasteiger charge is 2.18. The molecule has 34 heavy (non-hydrogen) atoms. The lowest BCUT2D eigenvalue weighted by Gasteiger charge is -2.15. The van der Waals surface area contributed by atoms with Crippen LogP contribution in [0.2, 0.25) is 0 Å². The molecule has 3 aromatic rings. The monoisotopic (exact) mass is 467 g/mol. The number of fused-ring (bicyclic) bond motifs is 1. The Morgan fingerprint density at radius 1 is 1.00 bits per heavy atom. The zero-order valence-electron chi connectivity index (χ0n) is 19.6. The molecule has 0 atom stereocenters. The van der Waals surface area contributed by atoms with Crippen molar-refractivity contribution in [3.05, 3.63) is 48.3 Å². The van der Waals surface area contributed by atoms with E-state index in [1.54, 1.807) is 19.1 Å². The van der Waals surface area contributed by atoms with Gasteiger partial charge in [0.2, 0.25) is 0 Å². The van der Waals surface area contributed by atoms with Crippen molar-refractivity contribution in [3.8, 4) is 11.5 Å². The van der Waals surface area contributed by atoms with Crippen LogP contribution in [0.5, 0.6) is 11.5 Å². The number of aromatic nitrogens is 2. The molecule has 1 heterocycles. The number of unbranched alkanes of at least 4 members (excludes halogenated alkanes) is 2. The Bertz CT molecular complexity index is 1130. The van der Waals surface area contributed by atoms with E-state index in [1.807, 2.05) is 24.3 Å². The molecule has 0 amide bonds. The predicted molar refractivity (Wildman–Crippen MR) is 128 cm³/mol. The number of methoxy groups -OCH3 is 2. The van der Waals surface area contributed by atoms with Gasteiger partial charge in [0.1, 0.15) is 29.2 Å². The lowest BCUT2D eigenvalue weighted by Crippen LogP contribution is -2.08. The molecule has 0 saturated carbocycles. The molecule has 0 aliphatic heterocycles. The first-order chi connectivity index (χ1) is 16.6. The van der Waals surface area contributed by atoms with Crippen LogP contribution in [-0.2, 0) is 14.3 Å². The van der Waals surface area contributed by atoms with Gasteiger partial charge in [-0.2, -0.15) is 0 Å². The topological polar surface area (TPSA) is 109 Å². The molecule has 1 aromatic heterocycles. The maximum atomic E-state index is 12.4. The fraction of sp³-hybridized carbons (Fsp3) is 0.360. The minimum absolute atomic E-state index is 0.198. The van der Waals surface area contributed by atoms with E-state index in [0.717, 1.165) is 24.9 Å². The van der Waals surface area contributed by atoms with Crippen LogP contribution >= 0.6 is 0 Å². The van der Waals surface area contributed by atoms with E-state index < -0.39 is 5.97 Å². The molecular formula is C25H29N3O6. The molecule has 0 spiro atoms. The SMILES string of the molecule is CCOC(=O)c1cc2c(Nc3ccccc3OCCCCCC(=O)OC)ncnc2cc1OC. The van der Waals surface area contributed by atoms with Gasteiger partial charge in [0, 0.05) is 17.9 Å². The molecule has 0 radical (unpaired) electrons. The maximum Gasteiger partial charge on any atom is 0.341 e. The van der Waals surface area contributed by atoms with E-state index >= 15 is 0 Å². The fourth-order valence-electron chi connectivity index (χ4n) is 3.38. The number of rotatable bonds is 12. The van der Waals surface area contributed by atoms with Crippen molar-refractivity contribution in [1.29, 1.82) is 0 Å². The number of benzene rings is 2. The molecule has 180 valence electrons. The number of anilines is 2. The highest BCUT2D eigenvalue weighted by Crippen LogP contribution is 2.33. The third-order valence-corrected chi connectivity index (χ3v) is 5.10. The van der Waals surface area contributed by atoms with Crippen LogP contribution in [0.25, 0.3) is 10.9 Å². The normalized spacial score (nSPS) is 10.6. The van der Waals surface area contributed by atoms with Crippen molar-refractivity contribution < 1.29 is 28.5 Å². The third-order valence-electron chi connectivity index (χ3n) is 5.10. The Kier molecular flexibility index (Phi) is 9.02. The lowest BCUT2D eigenvalue weighted by atomic mass is 10.1. The van der Waals surface area contributed by atoms with Crippen molar-refractivity contribution in [1.82, 2.24) is 9.97 Å². The molecule has 0 fully saturated rings. The first-order valence-electron chi connectivity index (χ1n) is 11.1. The number of esters is 2. The first-order valence-corrected chi connectivity index (χ1v) is 11.1. The number of nitrogens with zero attached hydrogens (tertiary/aromatic N) is 2. The Balaban J connectivity index is 1.77. The van der Waals surface area contributed by atoms with Gasteiger partial charge in [0.25, 0.3) is 0 Å². The van der Waals surface area contributed by atoms with Crippen molar-refractivity contribution in [2.75, 3.05) is 32.8 Å². The Labute approximate surface area is 198 Å². The van der Waals surface area contributed by atoms with E-state index in [2.05, 4.69) is 20.0 Å². The Morgan fingerprint density at radius 2 is 1.82 bits per heavy atom. The Hall–Kier alpha value is -3.88. The van der Waals surface area contributed by atoms with E-state index in [4.69, 9.17) is 14.2 Å². The quantitative estimate of drug-likeness (QED) is 0.300. The second-order valence-electron chi connectivity index (χ2n) is 7.37. The number of hydrogen-bond donors (Lipinski definition) is 1. The van der Waals surface area contributed by atoms with Crippen LogP contribution in [-0.4, -0.2) is 49.3 Å². The van der Waals surface area contributed by atoms with Gasteiger partial charge in [0.15, 0.2) is 0 Å². The van der Waals surface area contributed by atoms with Gasteiger partial charge in [0.05, 0.1) is 38.6 Å². The van der Waals surface area contributed by atoms with Gasteiger partial charge < -0.3 is 24.3 Å². The molecule has 0 aliphatic rings. The molecule has 1 N–H and O–H groups in total. The highest BCUT2D eigenvalue weighted by atomic mass is 16.5. The summed E-state index contributed by atoms with van der Waals surface area (Å²) in [6.07, 6.45) is 4.28. The Morgan fingerprint density at radius 3 is 2.59 bits per heavy atom. The summed E-state index contributed by atoms with van der Waals surface area (Å²) < 4.78 is 21.1. The molecule has 2 aromatic carbocycles. The number of para-hydroxylation sites is 2. The zero-order valence-corrected chi connectivity index (χ0v) is 19.6. The van der Waals surface area contributed by atoms with Gasteiger partial charge in [-0.1, -0.05) is 12.1 Å². The van der Waals surface area contributed by atoms with Gasteiger partial charge in [-0.3, -0.25) is 4.79 Å². The second-order valence-corrected chi connectivity index (χ2v) is 7.37. The van der Waals surface area contributed by atoms with E-state index in [0.29, 0.717) is 46.8 Å². The van der Waals surface area contributed by atoms with Gasteiger partial charge in [-0.05, 0) is 44.4 Å². The maximum absolute atomic E-state index is 12.4. The van der Waals surface area contributed by atoms with E-state index in [9.17, 15) is 9.59 Å². The third kappa shape index (κ3) is 6.34. The highest BCUT2D eigenvalue weighted by molar-refractivity contribution is 6.01. The molecule has 0 aliphatic carbocycles. The van der Waals surface area contributed by atoms with Crippen LogP contribution in [0.3, 0.4) is 0 Å². The van der Waals surface area contributed by atoms with Crippen LogP contribution in [0, 0.1) is 0 Å². The predicted octanol–water partition coefficient (Wildman–Crippen LogP) is 4.67. The number of carbonyl (C=O) groups is 2. The summed E-state index contributed by atoms with van der Waals surface area (Å²) in [5, 5.41) is 3.94. The second kappa shape index (κ2) is 12.4. The average molecular weight is 468 g/mol. The summed E-state index contributed by atoms with van der Waals surface area (Å²) in [7, 11) is 2.89. The van der Waals surface area contributed by atoms with Crippen LogP contribution in [0.15, 0.2) is 42.7 Å². The van der Waals surface area contributed by atoms with E-state index in [-0.39, 0.29) is 12.6 Å². The first kappa shape index (κ1) is 24.8. The molecular weight excluding hydrogens is 438 g/mol. The standard InChI is InChI=1S/C25H29N3O6/c1-4-33-25(30)18-14-17-20(15-22(18)31-2)26-16-27-24(17)28-19-10-7-8-11-21(19)34-13-9-5-6-12-23(29)32-3/h7-8,10-11,14-16H,4-6,9,12-13H2,1-3H3,(H,26,27,28). The smallest absolute Gasteiger partial charge is 0.341 e. The minimum Gasteiger partial charge on any atom is -0.496 e. The largest absolute Gasteiger partial charge is 0.496 e. The summed E-state index contributed by atoms with van der Waals surface area (Å²) in [5.74, 6) is 0.892. The van der Waals surface area contributed by atoms with Crippen molar-refractivity contribution >= 4 is 34.3 Å². The zero-order chi connectivity index (χ0) is 24.3. The average Bonchev–Trinajstić information content (AvgIpc) is 2.86. The summed E-state index contributed by atoms with van der Waals surface area (Å²) in [5.41, 5.74) is 1.64. The fourth-order valence-corrected chi connectivity index (χ4v) is 3.38. The lowest BCUT2D eigenvalue weighted by molar-refractivity contribution is -0.140. The summed E-state index contributed by atoms with van der Waals surface area (Å²) in [4.78, 5) is 32.3. The number of nitrogens with one attached hydrogen (secondary N) is 1. The molecule has 0 saturated heterocycles. The van der Waals surface area contributed by atoms with Gasteiger partial charge >= 0.3 is 11.9 Å². The van der Waals surface area contributed by atoms with Crippen molar-refractivity contribution in [2.24, 2.45) is 0 Å². The molecule has 3 rings (SSSR count). The minimum atomic E-state index is -0.480. The van der Waals surface area contributed by atoms with Crippen LogP contribution < -0.4 is 14.8 Å². The summed E-state index contributed by atoms with van der Waals surface area (Å²) in [6.45, 7) is 2.51. The molecule has 9 nitrogen and oxygen atoms in total. The summed E-state index contributed by atoms with van der Waals surface area (Å²) in [6, 6.07) is 10.9. The van der Waals surface area contributed by atoms with Crippen LogP contribution in [0.1, 0.15) is 43.0 Å². The van der Waals surface area contributed by atoms with Crippen molar-refractivity contribution in [3.63, 3.8) is 0 Å². The molecule has 9 heteroatoms. The van der Waals surface area contributed by atoms with E-state index in [1.165, 1.54) is 20.5 Å². The number of hydrogen-bond acceptors (Lipinski definition) is 9. The van der Waals surface area contributed by atoms with Crippen molar-refractivity contribution in [2.45, 2.75) is 32.6 Å². The van der Waals surface area contributed by atoms with Gasteiger partial charge in [-0.15, -0.1) is 0 Å². The van der Waals surface area contributed by atoms with Gasteiger partial charge in [-0.25, -0.2) is 14.8 Å². The molecule has 0 bridgehead atoms.